The van der Waals surface area contributed by atoms with Crippen LogP contribution in [0.15, 0.2) is 91.0 Å². The van der Waals surface area contributed by atoms with Crippen LogP contribution in [0.25, 0.3) is 53.9 Å². The second-order valence-corrected chi connectivity index (χ2v) is 16.2. The van der Waals surface area contributed by atoms with E-state index >= 15 is 0 Å². The summed E-state index contributed by atoms with van der Waals surface area (Å²) in [5.74, 6) is -1.47. The van der Waals surface area contributed by atoms with Gasteiger partial charge >= 0.3 is 0 Å². The Morgan fingerprint density at radius 1 is 0.647 bits per heavy atom. The summed E-state index contributed by atoms with van der Waals surface area (Å²) in [5.41, 5.74) is 0.787. The smallest absolute Gasteiger partial charge is 0.210 e. The zero-order valence-electron chi connectivity index (χ0n) is 18.2. The zero-order chi connectivity index (χ0) is 22.9. The number of rotatable bonds is 1. The molecule has 7 rings (SSSR count). The summed E-state index contributed by atoms with van der Waals surface area (Å²) >= 11 is 0. The zero-order valence-corrected chi connectivity index (χ0v) is 21.2. The molecule has 0 aliphatic carbocycles. The third-order valence-electron chi connectivity index (χ3n) is 6.90. The first-order valence-electron chi connectivity index (χ1n) is 11.3. The van der Waals surface area contributed by atoms with Gasteiger partial charge < -0.3 is 14.3 Å². The van der Waals surface area contributed by atoms with Gasteiger partial charge in [0.1, 0.15) is 0 Å². The molecule has 34 heavy (non-hydrogen) atoms. The molecule has 0 bridgehead atoms. The molecular formula is C28H19O3Si3. The molecule has 1 aliphatic rings. The average molecular weight is 488 g/mol. The molecule has 0 saturated carbocycles. The molecule has 1 saturated heterocycles. The molecule has 1 fully saturated rings. The van der Waals surface area contributed by atoms with E-state index in [1.54, 1.807) is 0 Å². The second kappa shape index (κ2) is 7.58. The Hall–Kier alpha value is -2.85. The highest BCUT2D eigenvalue weighted by molar-refractivity contribution is 7.32. The number of benzene rings is 6. The van der Waals surface area contributed by atoms with Crippen molar-refractivity contribution in [2.45, 2.75) is 11.8 Å². The maximum absolute atomic E-state index is 11.7. The molecule has 5 radical (unpaired) electrons. The van der Waals surface area contributed by atoms with E-state index in [-0.39, 0.29) is 15.3 Å². The van der Waals surface area contributed by atoms with Gasteiger partial charge in [-0.2, -0.15) is 0 Å². The van der Waals surface area contributed by atoms with Crippen molar-refractivity contribution in [1.29, 1.82) is 0 Å². The number of aliphatic hydroxyl groups is 1. The molecule has 2 N–H and O–H groups in total. The van der Waals surface area contributed by atoms with Gasteiger partial charge in [0, 0.05) is 11.6 Å². The van der Waals surface area contributed by atoms with E-state index in [9.17, 15) is 9.90 Å². The maximum atomic E-state index is 11.7. The fourth-order valence-corrected chi connectivity index (χ4v) is 11.1. The van der Waals surface area contributed by atoms with Gasteiger partial charge in [-0.25, -0.2) is 0 Å². The Labute approximate surface area is 202 Å². The Balaban J connectivity index is 1.60. The van der Waals surface area contributed by atoms with E-state index in [1.165, 1.54) is 26.9 Å². The Kier molecular flexibility index (Phi) is 4.57. The van der Waals surface area contributed by atoms with Crippen LogP contribution in [0.2, 0.25) is 6.04 Å². The van der Waals surface area contributed by atoms with Gasteiger partial charge in [0.2, 0.25) is 9.28 Å². The minimum Gasteiger partial charge on any atom is -0.435 e. The van der Waals surface area contributed by atoms with Crippen molar-refractivity contribution in [2.75, 3.05) is 0 Å². The van der Waals surface area contributed by atoms with Crippen molar-refractivity contribution in [3.8, 4) is 0 Å². The Morgan fingerprint density at radius 2 is 1.26 bits per heavy atom. The molecule has 1 atom stereocenters. The van der Waals surface area contributed by atoms with Crippen LogP contribution >= 0.6 is 0 Å². The number of fused-ring (bicyclic) bond motifs is 6. The molecule has 6 aromatic carbocycles. The van der Waals surface area contributed by atoms with Gasteiger partial charge in [-0.05, 0) is 84.2 Å². The highest BCUT2D eigenvalue weighted by atomic mass is 29.6. The Morgan fingerprint density at radius 3 is 2.03 bits per heavy atom. The van der Waals surface area contributed by atoms with Gasteiger partial charge in [0.15, 0.2) is 14.3 Å². The lowest BCUT2D eigenvalue weighted by Gasteiger charge is -2.35. The molecule has 0 spiro atoms. The van der Waals surface area contributed by atoms with Crippen LogP contribution in [-0.2, 0) is 10.2 Å². The van der Waals surface area contributed by atoms with Gasteiger partial charge in [-0.1, -0.05) is 60.7 Å². The summed E-state index contributed by atoms with van der Waals surface area (Å²) in [5, 5.41) is 23.1. The normalized spacial score (nSPS) is 19.6. The van der Waals surface area contributed by atoms with Crippen molar-refractivity contribution in [3.63, 3.8) is 0 Å². The lowest BCUT2D eigenvalue weighted by Crippen LogP contribution is -2.47. The lowest BCUT2D eigenvalue weighted by atomic mass is 9.89. The van der Waals surface area contributed by atoms with Crippen molar-refractivity contribution in [2.24, 2.45) is 0 Å². The number of hydrogen-bond donors (Lipinski definition) is 2. The molecule has 1 unspecified atom stereocenters. The van der Waals surface area contributed by atoms with Crippen LogP contribution < -0.4 is 0 Å². The van der Waals surface area contributed by atoms with E-state index in [0.29, 0.717) is 8.55 Å². The molecule has 1 aliphatic heterocycles. The van der Waals surface area contributed by atoms with Gasteiger partial charge in [-0.3, -0.25) is 0 Å². The van der Waals surface area contributed by atoms with E-state index < -0.39 is 14.3 Å². The van der Waals surface area contributed by atoms with Crippen LogP contribution in [0.3, 0.4) is 0 Å². The highest BCUT2D eigenvalue weighted by Crippen LogP contribution is 2.42. The molecular weight excluding hydrogens is 469 g/mol. The summed E-state index contributed by atoms with van der Waals surface area (Å²) in [6.45, 7) is 0. The van der Waals surface area contributed by atoms with Gasteiger partial charge in [0.05, 0.1) is 8.55 Å². The summed E-state index contributed by atoms with van der Waals surface area (Å²) in [6, 6.07) is 32.4. The highest BCUT2D eigenvalue weighted by Gasteiger charge is 2.41. The van der Waals surface area contributed by atoms with Crippen molar-refractivity contribution in [1.82, 2.24) is 0 Å². The summed E-state index contributed by atoms with van der Waals surface area (Å²) < 4.78 is 6.03. The predicted molar refractivity (Wildman–Crippen MR) is 143 cm³/mol. The molecule has 161 valence electrons. The van der Waals surface area contributed by atoms with E-state index in [2.05, 4.69) is 72.8 Å². The van der Waals surface area contributed by atoms with Crippen LogP contribution in [0.4, 0.5) is 0 Å². The Bertz CT molecular complexity index is 1770. The lowest BCUT2D eigenvalue weighted by molar-refractivity contribution is -0.127. The van der Waals surface area contributed by atoms with Crippen LogP contribution in [0.1, 0.15) is 5.56 Å². The third-order valence-corrected chi connectivity index (χ3v) is 14.1. The minimum absolute atomic E-state index is 0.133. The van der Waals surface area contributed by atoms with Crippen molar-refractivity contribution >= 4 is 80.3 Å². The first-order chi connectivity index (χ1) is 16.6. The van der Waals surface area contributed by atoms with E-state index in [0.717, 1.165) is 32.5 Å². The summed E-state index contributed by atoms with van der Waals surface area (Å²) in [4.78, 5) is 10.5. The molecule has 3 nitrogen and oxygen atoms in total. The van der Waals surface area contributed by atoms with Crippen molar-refractivity contribution < 1.29 is 14.3 Å². The molecule has 6 heteroatoms. The largest absolute Gasteiger partial charge is 0.435 e. The molecule has 0 aromatic heterocycles. The average Bonchev–Trinajstić information content (AvgIpc) is 2.84. The first-order valence-corrected chi connectivity index (χ1v) is 16.8. The molecule has 6 aromatic rings. The topological polar surface area (TPSA) is 49.7 Å². The monoisotopic (exact) mass is 487 g/mol. The molecule has 1 heterocycles. The van der Waals surface area contributed by atoms with Crippen LogP contribution in [0.5, 0.6) is 0 Å². The fraction of sp³-hybridized carbons (Fsp3) is 0.0714. The minimum atomic E-state index is -1.61. The van der Waals surface area contributed by atoms with E-state index in [1.807, 2.05) is 18.2 Å². The standard InChI is InChI=1S/C28H19O3Si3/c29-28(16-34(30)33-32-31-28)27-23-8-4-3-7-19(23)14-26-24(27)10-9-20-13-21-11-17-5-1-2-6-18(17)12-22(21)15-25(20)26/h1-15,29-30H,16H2. The third kappa shape index (κ3) is 3.11. The van der Waals surface area contributed by atoms with Crippen LogP contribution in [0, 0.1) is 0 Å². The fourth-order valence-electron chi connectivity index (χ4n) is 5.35. The van der Waals surface area contributed by atoms with E-state index in [4.69, 9.17) is 4.43 Å². The summed E-state index contributed by atoms with van der Waals surface area (Å²) in [6.07, 6.45) is 0. The van der Waals surface area contributed by atoms with Crippen molar-refractivity contribution in [3.05, 3.63) is 96.6 Å². The second-order valence-electron chi connectivity index (χ2n) is 8.99. The van der Waals surface area contributed by atoms with Gasteiger partial charge in [0.25, 0.3) is 0 Å². The SMILES string of the molecule is O[Si]1CC(O)(c2c3ccccc3cc3c2ccc2cc4cc5ccccc5cc4cc23)O[Si][Si]1. The quantitative estimate of drug-likeness (QED) is 0.187. The van der Waals surface area contributed by atoms with Crippen LogP contribution in [-0.4, -0.2) is 36.3 Å². The molecule has 0 amide bonds. The first kappa shape index (κ1) is 20.5. The number of hydrogen-bond acceptors (Lipinski definition) is 3. The summed E-state index contributed by atoms with van der Waals surface area (Å²) in [7, 11) is -1.07. The predicted octanol–water partition coefficient (Wildman–Crippen LogP) is 5.35. The van der Waals surface area contributed by atoms with Gasteiger partial charge in [-0.15, -0.1) is 0 Å². The maximum Gasteiger partial charge on any atom is 0.210 e.